The van der Waals surface area contributed by atoms with Crippen LogP contribution in [0.1, 0.15) is 18.5 Å². The molecule has 0 bridgehead atoms. The average molecular weight is 283 g/mol. The lowest BCUT2D eigenvalue weighted by Gasteiger charge is -2.13. The fourth-order valence-electron chi connectivity index (χ4n) is 1.46. The molecule has 0 aliphatic carbocycles. The number of sulfonamides is 1. The summed E-state index contributed by atoms with van der Waals surface area (Å²) >= 11 is 1.10. The van der Waals surface area contributed by atoms with Gasteiger partial charge in [-0.25, -0.2) is 13.1 Å². The van der Waals surface area contributed by atoms with Crippen molar-refractivity contribution in [3.05, 3.63) is 41.5 Å². The first-order valence-electron chi connectivity index (χ1n) is 5.25. The van der Waals surface area contributed by atoms with Crippen LogP contribution in [-0.2, 0) is 10.0 Å². The van der Waals surface area contributed by atoms with Gasteiger partial charge < -0.3 is 5.73 Å². The van der Waals surface area contributed by atoms with E-state index in [-0.39, 0.29) is 10.3 Å². The van der Waals surface area contributed by atoms with E-state index in [0.29, 0.717) is 5.69 Å². The quantitative estimate of drug-likeness (QED) is 0.895. The van der Waals surface area contributed by atoms with Gasteiger partial charge in [0.05, 0.1) is 0 Å². The zero-order chi connectivity index (χ0) is 13.2. The Labute approximate surface area is 110 Å². The molecule has 0 radical (unpaired) electrons. The van der Waals surface area contributed by atoms with E-state index >= 15 is 0 Å². The summed E-state index contributed by atoms with van der Waals surface area (Å²) in [5.41, 5.74) is 6.79. The largest absolute Gasteiger partial charge is 0.398 e. The van der Waals surface area contributed by atoms with Crippen LogP contribution in [0.4, 0.5) is 5.69 Å². The van der Waals surface area contributed by atoms with Crippen molar-refractivity contribution in [2.75, 3.05) is 5.73 Å². The molecule has 2 rings (SSSR count). The first kappa shape index (κ1) is 13.0. The van der Waals surface area contributed by atoms with Crippen LogP contribution in [-0.4, -0.2) is 13.4 Å². The highest BCUT2D eigenvalue weighted by molar-refractivity contribution is 7.91. The van der Waals surface area contributed by atoms with Gasteiger partial charge in [-0.1, -0.05) is 6.07 Å². The minimum absolute atomic E-state index is 0.218. The summed E-state index contributed by atoms with van der Waals surface area (Å²) in [5.74, 6) is 0. The fraction of sp³-hybridized carbons (Fsp3) is 0.182. The first-order valence-corrected chi connectivity index (χ1v) is 7.61. The summed E-state index contributed by atoms with van der Waals surface area (Å²) in [6.45, 7) is 1.77. The van der Waals surface area contributed by atoms with E-state index in [1.807, 2.05) is 6.07 Å². The van der Waals surface area contributed by atoms with E-state index in [4.69, 9.17) is 5.73 Å². The van der Waals surface area contributed by atoms with Gasteiger partial charge in [0.2, 0.25) is 0 Å². The van der Waals surface area contributed by atoms with Gasteiger partial charge in [0.15, 0.2) is 0 Å². The van der Waals surface area contributed by atoms with Crippen molar-refractivity contribution in [2.24, 2.45) is 0 Å². The Balaban J connectivity index is 2.19. The van der Waals surface area contributed by atoms with Crippen molar-refractivity contribution in [2.45, 2.75) is 17.2 Å². The molecular weight excluding hydrogens is 270 g/mol. The number of hydrogen-bond acceptors (Lipinski definition) is 5. The van der Waals surface area contributed by atoms with E-state index in [1.54, 1.807) is 30.8 Å². The number of thiophene rings is 1. The number of hydrogen-bond donors (Lipinski definition) is 2. The highest BCUT2D eigenvalue weighted by Gasteiger charge is 2.20. The average Bonchev–Trinajstić information content (AvgIpc) is 2.77. The van der Waals surface area contributed by atoms with Gasteiger partial charge >= 0.3 is 0 Å². The highest BCUT2D eigenvalue weighted by Crippen LogP contribution is 2.23. The minimum Gasteiger partial charge on any atom is -0.398 e. The maximum atomic E-state index is 12.1. The maximum Gasteiger partial charge on any atom is 0.250 e. The summed E-state index contributed by atoms with van der Waals surface area (Å²) in [6, 6.07) is 4.70. The third kappa shape index (κ3) is 2.87. The molecule has 0 saturated heterocycles. The second-order valence-electron chi connectivity index (χ2n) is 3.83. The lowest BCUT2D eigenvalue weighted by atomic mass is 10.2. The summed E-state index contributed by atoms with van der Waals surface area (Å²) in [6.07, 6.45) is 3.28. The zero-order valence-electron chi connectivity index (χ0n) is 9.70. The molecule has 2 aromatic heterocycles. The van der Waals surface area contributed by atoms with Crippen LogP contribution < -0.4 is 10.5 Å². The van der Waals surface area contributed by atoms with Gasteiger partial charge in [-0.15, -0.1) is 11.3 Å². The smallest absolute Gasteiger partial charge is 0.250 e. The molecule has 5 nitrogen and oxygen atoms in total. The number of nitrogens with zero attached hydrogens (tertiary/aromatic N) is 1. The van der Waals surface area contributed by atoms with Crippen molar-refractivity contribution in [1.29, 1.82) is 0 Å². The Kier molecular flexibility index (Phi) is 3.65. The number of nitrogens with two attached hydrogens (primary N) is 1. The molecule has 3 N–H and O–H groups in total. The van der Waals surface area contributed by atoms with E-state index in [2.05, 4.69) is 9.71 Å². The van der Waals surface area contributed by atoms with Crippen molar-refractivity contribution in [1.82, 2.24) is 9.71 Å². The maximum absolute atomic E-state index is 12.1. The molecule has 0 aliphatic rings. The van der Waals surface area contributed by atoms with E-state index < -0.39 is 10.0 Å². The van der Waals surface area contributed by atoms with Crippen LogP contribution in [0.5, 0.6) is 0 Å². The Morgan fingerprint density at radius 3 is 2.83 bits per heavy atom. The van der Waals surface area contributed by atoms with Crippen LogP contribution in [0.2, 0.25) is 0 Å². The molecule has 0 aliphatic heterocycles. The van der Waals surface area contributed by atoms with Crippen LogP contribution in [0.15, 0.2) is 40.2 Å². The number of anilines is 1. The molecule has 0 saturated carbocycles. The Morgan fingerprint density at radius 2 is 2.28 bits per heavy atom. The summed E-state index contributed by atoms with van der Waals surface area (Å²) in [4.78, 5) is 3.96. The summed E-state index contributed by atoms with van der Waals surface area (Å²) in [5, 5.41) is 1.60. The van der Waals surface area contributed by atoms with Crippen molar-refractivity contribution in [3.63, 3.8) is 0 Å². The molecular formula is C11H13N3O2S2. The number of pyridine rings is 1. The Morgan fingerprint density at radius 1 is 1.50 bits per heavy atom. The number of rotatable bonds is 4. The third-order valence-corrected chi connectivity index (χ3v) is 5.38. The zero-order valence-corrected chi connectivity index (χ0v) is 11.3. The van der Waals surface area contributed by atoms with E-state index in [1.165, 1.54) is 6.07 Å². The monoisotopic (exact) mass is 283 g/mol. The molecule has 96 valence electrons. The predicted molar refractivity (Wildman–Crippen MR) is 71.7 cm³/mol. The molecule has 2 heterocycles. The summed E-state index contributed by atoms with van der Waals surface area (Å²) < 4.78 is 26.9. The van der Waals surface area contributed by atoms with E-state index in [9.17, 15) is 8.42 Å². The molecule has 1 atom stereocenters. The van der Waals surface area contributed by atoms with Gasteiger partial charge in [-0.2, -0.15) is 0 Å². The van der Waals surface area contributed by atoms with Gasteiger partial charge in [-0.3, -0.25) is 4.98 Å². The van der Waals surface area contributed by atoms with Gasteiger partial charge in [-0.05, 0) is 24.6 Å². The van der Waals surface area contributed by atoms with Gasteiger partial charge in [0.1, 0.15) is 4.21 Å². The van der Waals surface area contributed by atoms with Crippen LogP contribution in [0.3, 0.4) is 0 Å². The molecule has 1 unspecified atom stereocenters. The van der Waals surface area contributed by atoms with Gasteiger partial charge in [0, 0.05) is 29.5 Å². The van der Waals surface area contributed by atoms with Crippen LogP contribution in [0, 0.1) is 0 Å². The Hall–Kier alpha value is -1.44. The number of nitrogens with one attached hydrogen (secondary N) is 1. The standard InChI is InChI=1S/C11H13N3O2S2/c1-8(9-3-2-4-13-6-9)14-18(15,16)11-5-10(12)7-17-11/h2-8,14H,12H2,1H3. The number of nitrogen functional groups attached to an aromatic ring is 1. The topological polar surface area (TPSA) is 85.1 Å². The van der Waals surface area contributed by atoms with E-state index in [0.717, 1.165) is 16.9 Å². The predicted octanol–water partition coefficient (Wildman–Crippen LogP) is 1.76. The van der Waals surface area contributed by atoms with Crippen molar-refractivity contribution < 1.29 is 8.42 Å². The molecule has 18 heavy (non-hydrogen) atoms. The first-order chi connectivity index (χ1) is 8.49. The summed E-state index contributed by atoms with van der Waals surface area (Å²) in [7, 11) is -3.53. The molecule has 0 spiro atoms. The molecule has 0 amide bonds. The molecule has 2 aromatic rings. The minimum atomic E-state index is -3.53. The molecule has 0 aromatic carbocycles. The third-order valence-electron chi connectivity index (χ3n) is 2.38. The van der Waals surface area contributed by atoms with Crippen molar-refractivity contribution >= 4 is 27.0 Å². The lowest BCUT2D eigenvalue weighted by molar-refractivity contribution is 0.568. The second-order valence-corrected chi connectivity index (χ2v) is 6.68. The number of aromatic nitrogens is 1. The van der Waals surface area contributed by atoms with Crippen LogP contribution in [0.25, 0.3) is 0 Å². The SMILES string of the molecule is CC(NS(=O)(=O)c1cc(N)cs1)c1cccnc1. The lowest BCUT2D eigenvalue weighted by Crippen LogP contribution is -2.26. The normalized spacial score (nSPS) is 13.4. The van der Waals surface area contributed by atoms with Gasteiger partial charge in [0.25, 0.3) is 10.0 Å². The fourth-order valence-corrected chi connectivity index (χ4v) is 3.79. The highest BCUT2D eigenvalue weighted by atomic mass is 32.2. The van der Waals surface area contributed by atoms with Crippen molar-refractivity contribution in [3.8, 4) is 0 Å². The second kappa shape index (κ2) is 5.05. The Bertz CT molecular complexity index is 623. The molecule has 0 fully saturated rings. The molecule has 7 heteroatoms. The van der Waals surface area contributed by atoms with Crippen LogP contribution >= 0.6 is 11.3 Å².